The molecule has 1 amide bonds. The van der Waals surface area contributed by atoms with Crippen molar-refractivity contribution in [1.29, 1.82) is 0 Å². The summed E-state index contributed by atoms with van der Waals surface area (Å²) in [4.78, 5) is 16.1. The molecule has 1 aromatic carbocycles. The predicted molar refractivity (Wildman–Crippen MR) is 80.4 cm³/mol. The van der Waals surface area contributed by atoms with Crippen molar-refractivity contribution < 1.29 is 4.79 Å². The molecular weight excluding hydrogens is 274 g/mol. The molecule has 4 nitrogen and oxygen atoms in total. The number of carbonyl (C=O) groups is 1. The van der Waals surface area contributed by atoms with E-state index in [1.165, 1.54) is 0 Å². The molecule has 0 spiro atoms. The molecule has 0 aliphatic heterocycles. The highest BCUT2D eigenvalue weighted by molar-refractivity contribution is 6.32. The zero-order valence-corrected chi connectivity index (χ0v) is 11.8. The lowest BCUT2D eigenvalue weighted by atomic mass is 9.94. The van der Waals surface area contributed by atoms with Crippen molar-refractivity contribution in [3.8, 4) is 0 Å². The molecule has 1 heterocycles. The third-order valence-electron chi connectivity index (χ3n) is 3.15. The average molecular weight is 290 g/mol. The quantitative estimate of drug-likeness (QED) is 0.850. The summed E-state index contributed by atoms with van der Waals surface area (Å²) in [5, 5.41) is 3.01. The van der Waals surface area contributed by atoms with Crippen LogP contribution in [0.1, 0.15) is 18.5 Å². The van der Waals surface area contributed by atoms with Crippen molar-refractivity contribution in [1.82, 2.24) is 4.98 Å². The highest BCUT2D eigenvalue weighted by Gasteiger charge is 2.22. The van der Waals surface area contributed by atoms with Gasteiger partial charge in [0.25, 0.3) is 0 Å². The Bertz CT molecular complexity index is 589. The second-order valence-electron chi connectivity index (χ2n) is 4.56. The fourth-order valence-corrected chi connectivity index (χ4v) is 2.02. The average Bonchev–Trinajstić information content (AvgIpc) is 2.49. The molecule has 0 fully saturated rings. The van der Waals surface area contributed by atoms with Gasteiger partial charge in [-0.05, 0) is 17.7 Å². The van der Waals surface area contributed by atoms with Gasteiger partial charge in [0.2, 0.25) is 5.91 Å². The standard InChI is InChI=1S/C15H16ClN3O/c1-10(13(17)11-6-3-2-4-7-11)15(20)19-12-8-5-9-18-14(12)16/h2-10,13H,17H2,1H3,(H,19,20). The maximum atomic E-state index is 12.2. The lowest BCUT2D eigenvalue weighted by molar-refractivity contribution is -0.120. The van der Waals surface area contributed by atoms with E-state index in [0.29, 0.717) is 5.69 Å². The number of rotatable bonds is 4. The topological polar surface area (TPSA) is 68.0 Å². The van der Waals surface area contributed by atoms with Crippen molar-refractivity contribution in [3.63, 3.8) is 0 Å². The molecule has 0 aliphatic carbocycles. The first-order valence-electron chi connectivity index (χ1n) is 6.31. The van der Waals surface area contributed by atoms with Gasteiger partial charge >= 0.3 is 0 Å². The van der Waals surface area contributed by atoms with Crippen LogP contribution in [0.5, 0.6) is 0 Å². The zero-order chi connectivity index (χ0) is 14.5. The molecule has 20 heavy (non-hydrogen) atoms. The number of nitrogens with two attached hydrogens (primary N) is 1. The fourth-order valence-electron chi connectivity index (χ4n) is 1.85. The number of anilines is 1. The summed E-state index contributed by atoms with van der Waals surface area (Å²) in [6.07, 6.45) is 1.57. The minimum Gasteiger partial charge on any atom is -0.323 e. The summed E-state index contributed by atoms with van der Waals surface area (Å²) in [7, 11) is 0. The normalized spacial score (nSPS) is 13.6. The van der Waals surface area contributed by atoms with Crippen LogP contribution >= 0.6 is 11.6 Å². The van der Waals surface area contributed by atoms with E-state index in [0.717, 1.165) is 5.56 Å². The summed E-state index contributed by atoms with van der Waals surface area (Å²) in [5.74, 6) is -0.565. The first-order chi connectivity index (χ1) is 9.59. The molecule has 0 radical (unpaired) electrons. The minimum atomic E-state index is -0.381. The number of benzene rings is 1. The molecule has 0 saturated carbocycles. The van der Waals surface area contributed by atoms with Crippen LogP contribution in [0.15, 0.2) is 48.7 Å². The number of nitrogens with one attached hydrogen (secondary N) is 1. The molecule has 2 aromatic rings. The van der Waals surface area contributed by atoms with Crippen LogP contribution in [0.25, 0.3) is 0 Å². The van der Waals surface area contributed by atoms with Crippen molar-refractivity contribution in [2.45, 2.75) is 13.0 Å². The van der Waals surface area contributed by atoms with Gasteiger partial charge in [0, 0.05) is 12.2 Å². The minimum absolute atomic E-state index is 0.184. The summed E-state index contributed by atoms with van der Waals surface area (Å²) < 4.78 is 0. The Morgan fingerprint density at radius 2 is 1.95 bits per heavy atom. The second-order valence-corrected chi connectivity index (χ2v) is 4.91. The van der Waals surface area contributed by atoms with Gasteiger partial charge in [0.05, 0.1) is 11.6 Å². The molecule has 5 heteroatoms. The van der Waals surface area contributed by atoms with E-state index in [1.54, 1.807) is 25.3 Å². The van der Waals surface area contributed by atoms with Gasteiger partial charge in [0.1, 0.15) is 0 Å². The second kappa shape index (κ2) is 6.50. The van der Waals surface area contributed by atoms with E-state index in [-0.39, 0.29) is 23.0 Å². The van der Waals surface area contributed by atoms with Crippen LogP contribution in [0.3, 0.4) is 0 Å². The highest BCUT2D eigenvalue weighted by Crippen LogP contribution is 2.23. The Labute approximate surface area is 123 Å². The molecule has 3 N–H and O–H groups in total. The molecule has 2 rings (SSSR count). The highest BCUT2D eigenvalue weighted by atomic mass is 35.5. The van der Waals surface area contributed by atoms with Gasteiger partial charge in [0.15, 0.2) is 5.15 Å². The third kappa shape index (κ3) is 3.35. The first-order valence-corrected chi connectivity index (χ1v) is 6.69. The number of hydrogen-bond acceptors (Lipinski definition) is 3. The lowest BCUT2D eigenvalue weighted by Gasteiger charge is -2.20. The molecule has 0 saturated heterocycles. The van der Waals surface area contributed by atoms with Crippen LogP contribution in [-0.2, 0) is 4.79 Å². The van der Waals surface area contributed by atoms with Crippen molar-refractivity contribution in [2.24, 2.45) is 11.7 Å². The fraction of sp³-hybridized carbons (Fsp3) is 0.200. The number of hydrogen-bond donors (Lipinski definition) is 2. The lowest BCUT2D eigenvalue weighted by Crippen LogP contribution is -2.30. The van der Waals surface area contributed by atoms with Gasteiger partial charge < -0.3 is 11.1 Å². The van der Waals surface area contributed by atoms with Crippen molar-refractivity contribution >= 4 is 23.2 Å². The van der Waals surface area contributed by atoms with E-state index in [4.69, 9.17) is 17.3 Å². The number of amides is 1. The summed E-state index contributed by atoms with van der Waals surface area (Å²) >= 11 is 5.91. The maximum Gasteiger partial charge on any atom is 0.229 e. The Morgan fingerprint density at radius 1 is 1.25 bits per heavy atom. The van der Waals surface area contributed by atoms with Crippen LogP contribution in [-0.4, -0.2) is 10.9 Å². The predicted octanol–water partition coefficient (Wildman–Crippen LogP) is 3.01. The third-order valence-corrected chi connectivity index (χ3v) is 3.45. The number of carbonyl (C=O) groups excluding carboxylic acids is 1. The van der Waals surface area contributed by atoms with E-state index in [1.807, 2.05) is 30.3 Å². The summed E-state index contributed by atoms with van der Waals surface area (Å²) in [6.45, 7) is 1.79. The molecule has 1 aromatic heterocycles. The van der Waals surface area contributed by atoms with E-state index in [9.17, 15) is 4.79 Å². The SMILES string of the molecule is CC(C(=O)Nc1cccnc1Cl)C(N)c1ccccc1. The van der Waals surface area contributed by atoms with Crippen LogP contribution in [0.4, 0.5) is 5.69 Å². The van der Waals surface area contributed by atoms with E-state index in [2.05, 4.69) is 10.3 Å². The smallest absolute Gasteiger partial charge is 0.229 e. The number of aromatic nitrogens is 1. The molecule has 104 valence electrons. The van der Waals surface area contributed by atoms with E-state index < -0.39 is 0 Å². The number of pyridine rings is 1. The number of halogens is 1. The van der Waals surface area contributed by atoms with Gasteiger partial charge in [-0.2, -0.15) is 0 Å². The summed E-state index contributed by atoms with van der Waals surface area (Å²) in [6, 6.07) is 12.6. The van der Waals surface area contributed by atoms with Gasteiger partial charge in [-0.15, -0.1) is 0 Å². The van der Waals surface area contributed by atoms with Gasteiger partial charge in [-0.3, -0.25) is 4.79 Å². The van der Waals surface area contributed by atoms with Gasteiger partial charge in [-0.25, -0.2) is 4.98 Å². The van der Waals surface area contributed by atoms with Crippen LogP contribution in [0, 0.1) is 5.92 Å². The molecule has 2 unspecified atom stereocenters. The van der Waals surface area contributed by atoms with Crippen LogP contribution in [0.2, 0.25) is 5.15 Å². The van der Waals surface area contributed by atoms with Crippen LogP contribution < -0.4 is 11.1 Å². The zero-order valence-electron chi connectivity index (χ0n) is 11.1. The largest absolute Gasteiger partial charge is 0.323 e. The van der Waals surface area contributed by atoms with Gasteiger partial charge in [-0.1, -0.05) is 48.9 Å². The molecular formula is C15H16ClN3O. The molecule has 0 bridgehead atoms. The van der Waals surface area contributed by atoms with Crippen molar-refractivity contribution in [2.75, 3.05) is 5.32 Å². The molecule has 0 aliphatic rings. The Balaban J connectivity index is 2.08. The van der Waals surface area contributed by atoms with Crippen molar-refractivity contribution in [3.05, 3.63) is 59.4 Å². The number of nitrogens with zero attached hydrogens (tertiary/aromatic N) is 1. The van der Waals surface area contributed by atoms with E-state index >= 15 is 0 Å². The summed E-state index contributed by atoms with van der Waals surface area (Å²) in [5.41, 5.74) is 7.54. The first kappa shape index (κ1) is 14.5. The maximum absolute atomic E-state index is 12.2. The Hall–Kier alpha value is -1.91. The Kier molecular flexibility index (Phi) is 4.71. The molecule has 2 atom stereocenters. The Morgan fingerprint density at radius 3 is 2.60 bits per heavy atom. The monoisotopic (exact) mass is 289 g/mol.